The molecule has 0 saturated heterocycles. The molecular formula is C20H19ClN2O5S. The van der Waals surface area contributed by atoms with Gasteiger partial charge < -0.3 is 14.5 Å². The fraction of sp³-hybridized carbons (Fsp3) is 0.250. The van der Waals surface area contributed by atoms with Gasteiger partial charge in [0.25, 0.3) is 5.91 Å². The third kappa shape index (κ3) is 3.96. The molecule has 29 heavy (non-hydrogen) atoms. The number of hydrogen-bond donors (Lipinski definition) is 2. The summed E-state index contributed by atoms with van der Waals surface area (Å²) in [5.74, 6) is -0.0629. The number of rotatable bonds is 6. The third-order valence-corrected chi connectivity index (χ3v) is 6.49. The maximum atomic E-state index is 12.8. The number of methoxy groups -OCH3 is 1. The molecule has 0 spiro atoms. The zero-order chi connectivity index (χ0) is 20.8. The monoisotopic (exact) mass is 434 g/mol. The van der Waals surface area contributed by atoms with Crippen LogP contribution in [0.3, 0.4) is 0 Å². The lowest BCUT2D eigenvalue weighted by Gasteiger charge is -2.12. The van der Waals surface area contributed by atoms with Crippen LogP contribution in [0, 0.1) is 6.92 Å². The molecule has 1 fully saturated rings. The number of halogens is 1. The second-order valence-electron chi connectivity index (χ2n) is 6.91. The van der Waals surface area contributed by atoms with E-state index < -0.39 is 15.9 Å². The fourth-order valence-electron chi connectivity index (χ4n) is 3.03. The van der Waals surface area contributed by atoms with Crippen molar-refractivity contribution in [3.63, 3.8) is 0 Å². The minimum absolute atomic E-state index is 0.0230. The highest BCUT2D eigenvalue weighted by molar-refractivity contribution is 7.89. The van der Waals surface area contributed by atoms with Crippen molar-refractivity contribution in [2.45, 2.75) is 30.7 Å². The molecule has 4 rings (SSSR count). The number of carbonyl (C=O) groups excluding carboxylic acids is 1. The van der Waals surface area contributed by atoms with E-state index >= 15 is 0 Å². The van der Waals surface area contributed by atoms with Gasteiger partial charge in [-0.05, 0) is 56.2 Å². The van der Waals surface area contributed by atoms with E-state index in [1.807, 2.05) is 0 Å². The van der Waals surface area contributed by atoms with Crippen molar-refractivity contribution in [2.24, 2.45) is 0 Å². The van der Waals surface area contributed by atoms with Crippen LogP contribution >= 0.6 is 11.6 Å². The van der Waals surface area contributed by atoms with E-state index in [1.165, 1.54) is 25.3 Å². The average molecular weight is 435 g/mol. The molecule has 1 aliphatic rings. The molecule has 9 heteroatoms. The summed E-state index contributed by atoms with van der Waals surface area (Å²) >= 11 is 6.03. The summed E-state index contributed by atoms with van der Waals surface area (Å²) in [6.07, 6.45) is 1.66. The van der Waals surface area contributed by atoms with E-state index in [2.05, 4.69) is 10.0 Å². The smallest absolute Gasteiger partial charge is 0.291 e. The summed E-state index contributed by atoms with van der Waals surface area (Å²) in [5.41, 5.74) is 1.40. The molecule has 0 aliphatic heterocycles. The summed E-state index contributed by atoms with van der Waals surface area (Å²) in [4.78, 5) is 12.9. The van der Waals surface area contributed by atoms with Gasteiger partial charge in [0.2, 0.25) is 10.0 Å². The van der Waals surface area contributed by atoms with Gasteiger partial charge in [-0.25, -0.2) is 13.1 Å². The number of fused-ring (bicyclic) bond motifs is 1. The Morgan fingerprint density at radius 3 is 2.66 bits per heavy atom. The number of aryl methyl sites for hydroxylation is 1. The zero-order valence-electron chi connectivity index (χ0n) is 15.8. The van der Waals surface area contributed by atoms with Crippen molar-refractivity contribution < 1.29 is 22.4 Å². The van der Waals surface area contributed by atoms with Crippen LogP contribution in [0.4, 0.5) is 5.69 Å². The van der Waals surface area contributed by atoms with Gasteiger partial charge in [0, 0.05) is 22.0 Å². The van der Waals surface area contributed by atoms with Crippen LogP contribution in [-0.2, 0) is 10.0 Å². The number of carbonyl (C=O) groups is 1. The number of sulfonamides is 1. The molecule has 0 unspecified atom stereocenters. The summed E-state index contributed by atoms with van der Waals surface area (Å²) in [7, 11) is -2.23. The summed E-state index contributed by atoms with van der Waals surface area (Å²) in [6.45, 7) is 1.76. The molecule has 0 atom stereocenters. The third-order valence-electron chi connectivity index (χ3n) is 4.73. The lowest BCUT2D eigenvalue weighted by Crippen LogP contribution is -2.26. The molecule has 1 heterocycles. The first-order chi connectivity index (χ1) is 13.8. The number of ether oxygens (including phenoxy) is 1. The Hall–Kier alpha value is -2.55. The molecule has 1 amide bonds. The molecular weight excluding hydrogens is 416 g/mol. The Balaban J connectivity index is 1.67. The Morgan fingerprint density at radius 1 is 1.21 bits per heavy atom. The highest BCUT2D eigenvalue weighted by Gasteiger charge is 2.29. The van der Waals surface area contributed by atoms with Gasteiger partial charge in [0.05, 0.1) is 17.7 Å². The van der Waals surface area contributed by atoms with Crippen molar-refractivity contribution in [2.75, 3.05) is 12.4 Å². The molecule has 3 aromatic rings. The fourth-order valence-corrected chi connectivity index (χ4v) is 4.53. The Kier molecular flexibility index (Phi) is 5.02. The van der Waals surface area contributed by atoms with Gasteiger partial charge in [-0.3, -0.25) is 4.79 Å². The summed E-state index contributed by atoms with van der Waals surface area (Å²) < 4.78 is 38.6. The first-order valence-electron chi connectivity index (χ1n) is 8.99. The zero-order valence-corrected chi connectivity index (χ0v) is 17.4. The number of nitrogens with one attached hydrogen (secondary N) is 2. The van der Waals surface area contributed by atoms with Crippen molar-refractivity contribution in [3.8, 4) is 5.75 Å². The Labute approximate surface area is 173 Å². The molecule has 2 N–H and O–H groups in total. The predicted molar refractivity (Wildman–Crippen MR) is 110 cm³/mol. The molecule has 0 bridgehead atoms. The maximum Gasteiger partial charge on any atom is 0.291 e. The Bertz CT molecular complexity index is 1220. The van der Waals surface area contributed by atoms with Crippen LogP contribution in [0.1, 0.15) is 29.0 Å². The van der Waals surface area contributed by atoms with E-state index in [4.69, 9.17) is 20.8 Å². The average Bonchev–Trinajstić information content (AvgIpc) is 3.43. The lowest BCUT2D eigenvalue weighted by atomic mass is 10.1. The molecule has 7 nitrogen and oxygen atoms in total. The van der Waals surface area contributed by atoms with Gasteiger partial charge in [-0.2, -0.15) is 0 Å². The second-order valence-corrected chi connectivity index (χ2v) is 9.06. The van der Waals surface area contributed by atoms with Gasteiger partial charge in [-0.15, -0.1) is 0 Å². The van der Waals surface area contributed by atoms with Crippen molar-refractivity contribution in [3.05, 3.63) is 52.7 Å². The van der Waals surface area contributed by atoms with Crippen LogP contribution in [0.25, 0.3) is 11.0 Å². The molecule has 1 saturated carbocycles. The predicted octanol–water partition coefficient (Wildman–Crippen LogP) is 4.10. The summed E-state index contributed by atoms with van der Waals surface area (Å²) in [6, 6.07) is 9.39. The molecule has 1 aliphatic carbocycles. The van der Waals surface area contributed by atoms with Crippen LogP contribution < -0.4 is 14.8 Å². The number of hydrogen-bond acceptors (Lipinski definition) is 5. The van der Waals surface area contributed by atoms with Crippen LogP contribution in [-0.4, -0.2) is 27.5 Å². The second kappa shape index (κ2) is 7.37. The first kappa shape index (κ1) is 19.8. The van der Waals surface area contributed by atoms with E-state index in [9.17, 15) is 13.2 Å². The maximum absolute atomic E-state index is 12.8. The highest BCUT2D eigenvalue weighted by Crippen LogP contribution is 2.32. The van der Waals surface area contributed by atoms with Gasteiger partial charge >= 0.3 is 0 Å². The Morgan fingerprint density at radius 2 is 1.97 bits per heavy atom. The SMILES string of the molecule is COc1ccc(S(=O)(=O)NC2CC2)cc1NC(=O)c1oc2ccc(Cl)cc2c1C. The van der Waals surface area contributed by atoms with Gasteiger partial charge in [-0.1, -0.05) is 11.6 Å². The number of benzene rings is 2. The van der Waals surface area contributed by atoms with Crippen LogP contribution in [0.5, 0.6) is 5.75 Å². The van der Waals surface area contributed by atoms with E-state index in [1.54, 1.807) is 25.1 Å². The highest BCUT2D eigenvalue weighted by atomic mass is 35.5. The van der Waals surface area contributed by atoms with Crippen LogP contribution in [0.2, 0.25) is 5.02 Å². The van der Waals surface area contributed by atoms with Gasteiger partial charge in [0.1, 0.15) is 11.3 Å². The van der Waals surface area contributed by atoms with Crippen LogP contribution in [0.15, 0.2) is 45.7 Å². The number of furan rings is 1. The standard InChI is InChI=1S/C20H19ClN2O5S/c1-11-15-9-12(21)3-7-17(15)28-19(11)20(24)22-16-10-14(6-8-18(16)27-2)29(25,26)23-13-4-5-13/h3,6-10,13,23H,4-5H2,1-2H3,(H,22,24). The molecule has 0 radical (unpaired) electrons. The van der Waals surface area contributed by atoms with Crippen molar-refractivity contribution in [1.29, 1.82) is 0 Å². The van der Waals surface area contributed by atoms with E-state index in [0.717, 1.165) is 18.2 Å². The molecule has 1 aromatic heterocycles. The number of anilines is 1. The first-order valence-corrected chi connectivity index (χ1v) is 10.8. The normalized spacial score (nSPS) is 14.2. The molecule has 152 valence electrons. The topological polar surface area (TPSA) is 97.6 Å². The van der Waals surface area contributed by atoms with Crippen molar-refractivity contribution in [1.82, 2.24) is 4.72 Å². The molecule has 2 aromatic carbocycles. The summed E-state index contributed by atoms with van der Waals surface area (Å²) in [5, 5.41) is 3.97. The lowest BCUT2D eigenvalue weighted by molar-refractivity contribution is 0.0997. The minimum Gasteiger partial charge on any atom is -0.495 e. The quantitative estimate of drug-likeness (QED) is 0.608. The van der Waals surface area contributed by atoms with E-state index in [-0.39, 0.29) is 22.4 Å². The van der Waals surface area contributed by atoms with Gasteiger partial charge in [0.15, 0.2) is 5.76 Å². The van der Waals surface area contributed by atoms with E-state index in [0.29, 0.717) is 21.9 Å². The minimum atomic E-state index is -3.67. The van der Waals surface area contributed by atoms with Crippen molar-refractivity contribution >= 4 is 44.2 Å². The largest absolute Gasteiger partial charge is 0.495 e. The number of amides is 1.